The molecule has 4 nitrogen and oxygen atoms in total. The highest BCUT2D eigenvalue weighted by Crippen LogP contribution is 2.22. The van der Waals surface area contributed by atoms with Crippen molar-refractivity contribution < 1.29 is 9.53 Å². The van der Waals surface area contributed by atoms with Crippen LogP contribution in [0.1, 0.15) is 49.4 Å². The van der Waals surface area contributed by atoms with Crippen molar-refractivity contribution in [3.63, 3.8) is 0 Å². The molecule has 0 N–H and O–H groups in total. The predicted octanol–water partition coefficient (Wildman–Crippen LogP) is 3.32. The van der Waals surface area contributed by atoms with E-state index in [1.807, 2.05) is 17.0 Å². The first-order valence-corrected chi connectivity index (χ1v) is 9.04. The average Bonchev–Trinajstić information content (AvgIpc) is 3.14. The molecular formula is C19H28N2O2. The van der Waals surface area contributed by atoms with Crippen LogP contribution < -0.4 is 4.90 Å². The number of benzene rings is 1. The van der Waals surface area contributed by atoms with Crippen LogP contribution in [0.25, 0.3) is 0 Å². The lowest BCUT2D eigenvalue weighted by molar-refractivity contribution is 0.00211. The Bertz CT molecular complexity index is 509. The highest BCUT2D eigenvalue weighted by molar-refractivity contribution is 5.94. The topological polar surface area (TPSA) is 32.8 Å². The molecule has 2 saturated heterocycles. The fourth-order valence-electron chi connectivity index (χ4n) is 3.52. The molecule has 0 unspecified atom stereocenters. The van der Waals surface area contributed by atoms with Gasteiger partial charge in [0.1, 0.15) is 0 Å². The molecule has 2 aliphatic rings. The van der Waals surface area contributed by atoms with E-state index < -0.39 is 0 Å². The minimum Gasteiger partial charge on any atom is -0.376 e. The molecule has 126 valence electrons. The number of carbonyl (C=O) groups excluding carboxylic acids is 1. The zero-order valence-corrected chi connectivity index (χ0v) is 14.2. The third-order valence-corrected chi connectivity index (χ3v) is 4.81. The Morgan fingerprint density at radius 1 is 1.13 bits per heavy atom. The molecule has 1 aromatic rings. The smallest absolute Gasteiger partial charge is 0.253 e. The Kier molecular flexibility index (Phi) is 5.55. The maximum Gasteiger partial charge on any atom is 0.253 e. The normalized spacial score (nSPS) is 21.7. The molecule has 23 heavy (non-hydrogen) atoms. The summed E-state index contributed by atoms with van der Waals surface area (Å²) in [6.45, 7) is 6.75. The van der Waals surface area contributed by atoms with Crippen LogP contribution in [0, 0.1) is 0 Å². The number of amides is 1. The number of rotatable bonds is 5. The first-order chi connectivity index (χ1) is 11.3. The van der Waals surface area contributed by atoms with Crippen LogP contribution >= 0.6 is 0 Å². The molecule has 0 saturated carbocycles. The summed E-state index contributed by atoms with van der Waals surface area (Å²) in [6.07, 6.45) is 5.88. The summed E-state index contributed by atoms with van der Waals surface area (Å²) >= 11 is 0. The fourth-order valence-corrected chi connectivity index (χ4v) is 3.52. The van der Waals surface area contributed by atoms with Crippen LogP contribution in [0.5, 0.6) is 0 Å². The van der Waals surface area contributed by atoms with E-state index >= 15 is 0 Å². The SMILES string of the molecule is CCCO[C@@H]1CCCN(C(=O)c2ccc(N3CCCC3)cc2)C1. The van der Waals surface area contributed by atoms with E-state index in [0.717, 1.165) is 57.6 Å². The van der Waals surface area contributed by atoms with Crippen LogP contribution in [-0.2, 0) is 4.74 Å². The van der Waals surface area contributed by atoms with Crippen LogP contribution in [-0.4, -0.2) is 49.7 Å². The number of hydrogen-bond donors (Lipinski definition) is 0. The molecule has 0 aromatic heterocycles. The Labute approximate surface area is 139 Å². The lowest BCUT2D eigenvalue weighted by Crippen LogP contribution is -2.43. The minimum atomic E-state index is 0.141. The lowest BCUT2D eigenvalue weighted by Gasteiger charge is -2.32. The van der Waals surface area contributed by atoms with Crippen molar-refractivity contribution in [3.05, 3.63) is 29.8 Å². The first-order valence-electron chi connectivity index (χ1n) is 9.04. The summed E-state index contributed by atoms with van der Waals surface area (Å²) in [7, 11) is 0. The molecule has 0 spiro atoms. The first kappa shape index (κ1) is 16.3. The quantitative estimate of drug-likeness (QED) is 0.835. The summed E-state index contributed by atoms with van der Waals surface area (Å²) < 4.78 is 5.83. The summed E-state index contributed by atoms with van der Waals surface area (Å²) in [6, 6.07) is 8.14. The van der Waals surface area contributed by atoms with Crippen LogP contribution in [0.3, 0.4) is 0 Å². The maximum absolute atomic E-state index is 12.7. The second-order valence-corrected chi connectivity index (χ2v) is 6.63. The van der Waals surface area contributed by atoms with Gasteiger partial charge in [-0.05, 0) is 56.4 Å². The highest BCUT2D eigenvalue weighted by atomic mass is 16.5. The molecule has 0 bridgehead atoms. The maximum atomic E-state index is 12.7. The van der Waals surface area contributed by atoms with Gasteiger partial charge in [0.05, 0.1) is 6.10 Å². The Morgan fingerprint density at radius 2 is 1.87 bits per heavy atom. The van der Waals surface area contributed by atoms with E-state index in [1.165, 1.54) is 18.5 Å². The summed E-state index contributed by atoms with van der Waals surface area (Å²) in [5.41, 5.74) is 2.03. The van der Waals surface area contributed by atoms with Crippen LogP contribution in [0.2, 0.25) is 0 Å². The number of piperidine rings is 1. The minimum absolute atomic E-state index is 0.141. The van der Waals surface area contributed by atoms with E-state index in [4.69, 9.17) is 4.74 Å². The van der Waals surface area contributed by atoms with Crippen molar-refractivity contribution in [2.45, 2.75) is 45.1 Å². The van der Waals surface area contributed by atoms with Gasteiger partial charge in [-0.3, -0.25) is 4.79 Å². The van der Waals surface area contributed by atoms with Gasteiger partial charge in [-0.25, -0.2) is 0 Å². The number of hydrogen-bond acceptors (Lipinski definition) is 3. The number of ether oxygens (including phenoxy) is 1. The van der Waals surface area contributed by atoms with E-state index in [0.29, 0.717) is 0 Å². The van der Waals surface area contributed by atoms with Gasteiger partial charge in [-0.2, -0.15) is 0 Å². The third kappa shape index (κ3) is 4.05. The molecule has 0 aliphatic carbocycles. The molecule has 1 aromatic carbocycles. The molecule has 0 radical (unpaired) electrons. The van der Waals surface area contributed by atoms with Crippen molar-refractivity contribution in [2.75, 3.05) is 37.7 Å². The van der Waals surface area contributed by atoms with E-state index in [2.05, 4.69) is 24.0 Å². The summed E-state index contributed by atoms with van der Waals surface area (Å²) in [5, 5.41) is 0. The molecule has 2 fully saturated rings. The predicted molar refractivity (Wildman–Crippen MR) is 93.1 cm³/mol. The van der Waals surface area contributed by atoms with Gasteiger partial charge in [0.2, 0.25) is 0 Å². The third-order valence-electron chi connectivity index (χ3n) is 4.81. The monoisotopic (exact) mass is 316 g/mol. The second-order valence-electron chi connectivity index (χ2n) is 6.63. The van der Waals surface area contributed by atoms with Gasteiger partial charge in [0.25, 0.3) is 5.91 Å². The summed E-state index contributed by atoms with van der Waals surface area (Å²) in [5.74, 6) is 0.141. The number of carbonyl (C=O) groups is 1. The van der Waals surface area contributed by atoms with Gasteiger partial charge in [-0.1, -0.05) is 6.92 Å². The molecule has 2 aliphatic heterocycles. The van der Waals surface area contributed by atoms with Gasteiger partial charge in [-0.15, -0.1) is 0 Å². The van der Waals surface area contributed by atoms with Gasteiger partial charge in [0, 0.05) is 44.0 Å². The van der Waals surface area contributed by atoms with Crippen molar-refractivity contribution in [1.82, 2.24) is 4.90 Å². The standard InChI is InChI=1S/C19H28N2O2/c1-2-14-23-18-6-5-13-21(15-18)19(22)16-7-9-17(10-8-16)20-11-3-4-12-20/h7-10,18H,2-6,11-15H2,1H3/t18-/m1/s1. The number of likely N-dealkylation sites (tertiary alicyclic amines) is 1. The Hall–Kier alpha value is -1.55. The van der Waals surface area contributed by atoms with Gasteiger partial charge in [0.15, 0.2) is 0 Å². The molecule has 1 amide bonds. The Morgan fingerprint density at radius 3 is 2.57 bits per heavy atom. The van der Waals surface area contributed by atoms with E-state index in [1.54, 1.807) is 0 Å². The van der Waals surface area contributed by atoms with Crippen molar-refractivity contribution in [2.24, 2.45) is 0 Å². The van der Waals surface area contributed by atoms with Crippen molar-refractivity contribution in [1.29, 1.82) is 0 Å². The van der Waals surface area contributed by atoms with Crippen LogP contribution in [0.4, 0.5) is 5.69 Å². The van der Waals surface area contributed by atoms with Crippen LogP contribution in [0.15, 0.2) is 24.3 Å². The van der Waals surface area contributed by atoms with Crippen molar-refractivity contribution in [3.8, 4) is 0 Å². The van der Waals surface area contributed by atoms with Gasteiger partial charge < -0.3 is 14.5 Å². The average molecular weight is 316 g/mol. The molecular weight excluding hydrogens is 288 g/mol. The van der Waals surface area contributed by atoms with E-state index in [9.17, 15) is 4.79 Å². The summed E-state index contributed by atoms with van der Waals surface area (Å²) in [4.78, 5) is 17.1. The molecule has 1 atom stereocenters. The zero-order valence-electron chi connectivity index (χ0n) is 14.2. The van der Waals surface area contributed by atoms with Crippen molar-refractivity contribution >= 4 is 11.6 Å². The number of anilines is 1. The molecule has 4 heteroatoms. The van der Waals surface area contributed by atoms with E-state index in [-0.39, 0.29) is 12.0 Å². The highest BCUT2D eigenvalue weighted by Gasteiger charge is 2.25. The zero-order chi connectivity index (χ0) is 16.1. The molecule has 3 rings (SSSR count). The largest absolute Gasteiger partial charge is 0.376 e. The number of nitrogens with zero attached hydrogens (tertiary/aromatic N) is 2. The lowest BCUT2D eigenvalue weighted by atomic mass is 10.1. The second kappa shape index (κ2) is 7.82. The Balaban J connectivity index is 1.60. The van der Waals surface area contributed by atoms with Gasteiger partial charge >= 0.3 is 0 Å². The fraction of sp³-hybridized carbons (Fsp3) is 0.632. The molecule has 2 heterocycles.